The van der Waals surface area contributed by atoms with E-state index in [-0.39, 0.29) is 5.92 Å². The number of benzene rings is 1. The maximum Gasteiger partial charge on any atom is 0.180 e. The molecule has 0 aromatic heterocycles. The fourth-order valence-corrected chi connectivity index (χ4v) is 3.36. The number of sulfone groups is 1. The van der Waals surface area contributed by atoms with Crippen LogP contribution in [0.2, 0.25) is 0 Å². The highest BCUT2D eigenvalue weighted by Crippen LogP contribution is 2.28. The normalized spacial score (nSPS) is 16.7. The molecule has 0 saturated heterocycles. The van der Waals surface area contributed by atoms with E-state index in [0.29, 0.717) is 11.3 Å². The van der Waals surface area contributed by atoms with Crippen LogP contribution in [0.3, 0.4) is 0 Å². The molecule has 0 amide bonds. The molecule has 0 heterocycles. The summed E-state index contributed by atoms with van der Waals surface area (Å²) in [5.41, 5.74) is 0.888. The van der Waals surface area contributed by atoms with E-state index in [1.807, 2.05) is 13.0 Å². The Morgan fingerprint density at radius 2 is 1.76 bits per heavy atom. The van der Waals surface area contributed by atoms with Gasteiger partial charge < -0.3 is 10.2 Å². The summed E-state index contributed by atoms with van der Waals surface area (Å²) >= 11 is 0. The number of rotatable bonds is 7. The van der Waals surface area contributed by atoms with Gasteiger partial charge in [0, 0.05) is 0 Å². The molecule has 4 nitrogen and oxygen atoms in total. The van der Waals surface area contributed by atoms with Crippen molar-refractivity contribution in [3.8, 4) is 0 Å². The average Bonchev–Trinajstić information content (AvgIpc) is 2.44. The molecule has 3 unspecified atom stereocenters. The first-order chi connectivity index (χ1) is 9.70. The van der Waals surface area contributed by atoms with E-state index in [0.717, 1.165) is 12.0 Å². The summed E-state index contributed by atoms with van der Waals surface area (Å²) in [7, 11) is -3.30. The zero-order valence-corrected chi connectivity index (χ0v) is 14.0. The van der Waals surface area contributed by atoms with E-state index in [2.05, 4.69) is 0 Å². The molecule has 3 atom stereocenters. The third-order valence-electron chi connectivity index (χ3n) is 3.85. The van der Waals surface area contributed by atoms with Crippen LogP contribution >= 0.6 is 0 Å². The van der Waals surface area contributed by atoms with Crippen LogP contribution in [0.1, 0.15) is 52.0 Å². The Balaban J connectivity index is 3.08. The second-order valence-corrected chi connectivity index (χ2v) is 8.32. The molecule has 1 aromatic rings. The van der Waals surface area contributed by atoms with Gasteiger partial charge in [0.2, 0.25) is 0 Å². The molecule has 5 heteroatoms. The molecule has 2 N–H and O–H groups in total. The fraction of sp³-hybridized carbons (Fsp3) is 0.625. The van der Waals surface area contributed by atoms with Gasteiger partial charge in [-0.1, -0.05) is 19.1 Å². The monoisotopic (exact) mass is 314 g/mol. The molecule has 120 valence electrons. The van der Waals surface area contributed by atoms with Crippen molar-refractivity contribution in [2.75, 3.05) is 0 Å². The van der Waals surface area contributed by atoms with Crippen molar-refractivity contribution in [3.63, 3.8) is 0 Å². The van der Waals surface area contributed by atoms with E-state index in [9.17, 15) is 18.6 Å². The van der Waals surface area contributed by atoms with Crippen molar-refractivity contribution >= 4 is 9.84 Å². The first-order valence-corrected chi connectivity index (χ1v) is 8.94. The highest BCUT2D eigenvalue weighted by atomic mass is 32.2. The molecule has 0 radical (unpaired) electrons. The minimum atomic E-state index is -3.30. The van der Waals surface area contributed by atoms with E-state index < -0.39 is 27.3 Å². The van der Waals surface area contributed by atoms with Crippen LogP contribution in [-0.4, -0.2) is 36.1 Å². The van der Waals surface area contributed by atoms with E-state index in [4.69, 9.17) is 0 Å². The van der Waals surface area contributed by atoms with Gasteiger partial charge in [0.25, 0.3) is 0 Å². The lowest BCUT2D eigenvalue weighted by Crippen LogP contribution is -2.24. The van der Waals surface area contributed by atoms with Gasteiger partial charge in [-0.2, -0.15) is 0 Å². The van der Waals surface area contributed by atoms with Crippen LogP contribution in [0.5, 0.6) is 0 Å². The second-order valence-electron chi connectivity index (χ2n) is 5.82. The molecule has 0 fully saturated rings. The third-order valence-corrected chi connectivity index (χ3v) is 6.01. The second kappa shape index (κ2) is 7.38. The number of hydrogen-bond acceptors (Lipinski definition) is 4. The Kier molecular flexibility index (Phi) is 6.38. The Morgan fingerprint density at radius 1 is 1.14 bits per heavy atom. The SMILES string of the molecule is CCC(CC(O)C(C)O)c1cccc(S(=O)(=O)C(C)C)c1. The van der Waals surface area contributed by atoms with Gasteiger partial charge in [-0.05, 0) is 57.2 Å². The molecular formula is C16H26O4S. The summed E-state index contributed by atoms with van der Waals surface area (Å²) in [5.74, 6) is 0.0249. The Labute approximate surface area is 127 Å². The number of hydrogen-bond donors (Lipinski definition) is 2. The Hall–Kier alpha value is -0.910. The van der Waals surface area contributed by atoms with Crippen molar-refractivity contribution in [2.45, 2.75) is 68.8 Å². The van der Waals surface area contributed by atoms with Crippen molar-refractivity contribution in [1.29, 1.82) is 0 Å². The van der Waals surface area contributed by atoms with Crippen molar-refractivity contribution in [2.24, 2.45) is 0 Å². The molecule has 0 aliphatic rings. The summed E-state index contributed by atoms with van der Waals surface area (Å²) < 4.78 is 24.5. The molecule has 0 saturated carbocycles. The lowest BCUT2D eigenvalue weighted by molar-refractivity contribution is 0.0215. The minimum absolute atomic E-state index is 0.0249. The highest BCUT2D eigenvalue weighted by Gasteiger charge is 2.22. The van der Waals surface area contributed by atoms with Gasteiger partial charge in [0.05, 0.1) is 22.4 Å². The van der Waals surface area contributed by atoms with E-state index in [1.165, 1.54) is 0 Å². The minimum Gasteiger partial charge on any atom is -0.391 e. The average molecular weight is 314 g/mol. The Morgan fingerprint density at radius 3 is 2.24 bits per heavy atom. The van der Waals surface area contributed by atoms with Crippen LogP contribution in [0.15, 0.2) is 29.2 Å². The Bertz CT molecular complexity index is 549. The lowest BCUT2D eigenvalue weighted by Gasteiger charge is -2.22. The van der Waals surface area contributed by atoms with Crippen molar-refractivity contribution < 1.29 is 18.6 Å². The van der Waals surface area contributed by atoms with Gasteiger partial charge in [0.15, 0.2) is 9.84 Å². The zero-order valence-electron chi connectivity index (χ0n) is 13.2. The first-order valence-electron chi connectivity index (χ1n) is 7.40. The molecule has 0 aliphatic heterocycles. The maximum atomic E-state index is 12.2. The van der Waals surface area contributed by atoms with Crippen LogP contribution in [0.25, 0.3) is 0 Å². The largest absolute Gasteiger partial charge is 0.391 e. The van der Waals surface area contributed by atoms with Gasteiger partial charge in [-0.25, -0.2) is 8.42 Å². The third kappa shape index (κ3) is 4.53. The van der Waals surface area contributed by atoms with Crippen LogP contribution in [-0.2, 0) is 9.84 Å². The molecule has 0 aliphatic carbocycles. The highest BCUT2D eigenvalue weighted by molar-refractivity contribution is 7.92. The van der Waals surface area contributed by atoms with Crippen LogP contribution < -0.4 is 0 Å². The van der Waals surface area contributed by atoms with Gasteiger partial charge in [0.1, 0.15) is 0 Å². The standard InChI is InChI=1S/C16H26O4S/c1-5-13(10-16(18)12(4)17)14-7-6-8-15(9-14)21(19,20)11(2)3/h6-9,11-13,16-18H,5,10H2,1-4H3. The molecule has 1 aromatic carbocycles. The first kappa shape index (κ1) is 18.1. The van der Waals surface area contributed by atoms with Gasteiger partial charge >= 0.3 is 0 Å². The topological polar surface area (TPSA) is 74.6 Å². The van der Waals surface area contributed by atoms with Gasteiger partial charge in [-0.15, -0.1) is 0 Å². The van der Waals surface area contributed by atoms with Gasteiger partial charge in [-0.3, -0.25) is 0 Å². The van der Waals surface area contributed by atoms with Crippen LogP contribution in [0, 0.1) is 0 Å². The summed E-state index contributed by atoms with van der Waals surface area (Å²) in [4.78, 5) is 0.319. The summed E-state index contributed by atoms with van der Waals surface area (Å²) in [6.45, 7) is 6.87. The molecular weight excluding hydrogens is 288 g/mol. The summed E-state index contributed by atoms with van der Waals surface area (Å²) in [5, 5.41) is 18.8. The number of aliphatic hydroxyl groups is 2. The van der Waals surface area contributed by atoms with E-state index >= 15 is 0 Å². The predicted molar refractivity (Wildman–Crippen MR) is 84.1 cm³/mol. The summed E-state index contributed by atoms with van der Waals surface area (Å²) in [6.07, 6.45) is -0.407. The fourth-order valence-electron chi connectivity index (χ4n) is 2.24. The smallest absolute Gasteiger partial charge is 0.180 e. The van der Waals surface area contributed by atoms with E-state index in [1.54, 1.807) is 39.0 Å². The molecule has 0 spiro atoms. The molecule has 1 rings (SSSR count). The van der Waals surface area contributed by atoms with Crippen molar-refractivity contribution in [1.82, 2.24) is 0 Å². The maximum absolute atomic E-state index is 12.2. The van der Waals surface area contributed by atoms with Crippen LogP contribution in [0.4, 0.5) is 0 Å². The number of aliphatic hydroxyl groups excluding tert-OH is 2. The summed E-state index contributed by atoms with van der Waals surface area (Å²) in [6, 6.07) is 6.92. The lowest BCUT2D eigenvalue weighted by atomic mass is 9.89. The molecule has 21 heavy (non-hydrogen) atoms. The quantitative estimate of drug-likeness (QED) is 0.811. The zero-order chi connectivity index (χ0) is 16.2. The predicted octanol–water partition coefficient (Wildman–Crippen LogP) is 2.49. The van der Waals surface area contributed by atoms with Crippen molar-refractivity contribution in [3.05, 3.63) is 29.8 Å². The molecule has 0 bridgehead atoms.